The van der Waals surface area contributed by atoms with Crippen LogP contribution in [0.15, 0.2) is 30.3 Å². The number of nitrogens with one attached hydrogen (secondary N) is 2. The summed E-state index contributed by atoms with van der Waals surface area (Å²) in [4.78, 5) is 12.1. The second-order valence-electron chi connectivity index (χ2n) is 6.27. The summed E-state index contributed by atoms with van der Waals surface area (Å²) < 4.78 is 5.53. The van der Waals surface area contributed by atoms with E-state index in [4.69, 9.17) is 4.74 Å². The molecule has 0 saturated carbocycles. The molecule has 1 aromatic rings. The molecule has 1 amide bonds. The second-order valence-corrected chi connectivity index (χ2v) is 7.44. The molecule has 2 atom stereocenters. The summed E-state index contributed by atoms with van der Waals surface area (Å²) in [5.41, 5.74) is 1.17. The molecule has 1 aliphatic heterocycles. The van der Waals surface area contributed by atoms with E-state index in [1.807, 2.05) is 19.2 Å². The zero-order valence-corrected chi connectivity index (χ0v) is 15.1. The van der Waals surface area contributed by atoms with E-state index in [0.29, 0.717) is 6.54 Å². The van der Waals surface area contributed by atoms with Crippen LogP contribution in [-0.4, -0.2) is 42.7 Å². The molecule has 1 aromatic carbocycles. The van der Waals surface area contributed by atoms with Crippen molar-refractivity contribution in [2.24, 2.45) is 0 Å². The normalized spacial score (nSPS) is 19.8. The van der Waals surface area contributed by atoms with E-state index < -0.39 is 0 Å². The molecule has 1 heterocycles. The molecule has 0 bridgehead atoms. The Morgan fingerprint density at radius 3 is 2.52 bits per heavy atom. The van der Waals surface area contributed by atoms with Crippen LogP contribution in [0.25, 0.3) is 0 Å². The van der Waals surface area contributed by atoms with Gasteiger partial charge in [-0.3, -0.25) is 4.79 Å². The lowest BCUT2D eigenvalue weighted by atomic mass is 9.88. The molecule has 4 nitrogen and oxygen atoms in total. The summed E-state index contributed by atoms with van der Waals surface area (Å²) in [7, 11) is 0. The van der Waals surface area contributed by atoms with Crippen LogP contribution in [-0.2, 0) is 9.53 Å². The molecule has 5 heteroatoms. The molecule has 0 spiro atoms. The Balaban J connectivity index is 2.02. The van der Waals surface area contributed by atoms with Crippen LogP contribution in [0.4, 0.5) is 0 Å². The van der Waals surface area contributed by atoms with Crippen LogP contribution in [0.2, 0.25) is 0 Å². The van der Waals surface area contributed by atoms with Crippen molar-refractivity contribution in [3.8, 4) is 0 Å². The van der Waals surface area contributed by atoms with Gasteiger partial charge in [0, 0.05) is 31.3 Å². The number of amides is 1. The molecule has 0 radical (unpaired) electrons. The van der Waals surface area contributed by atoms with Gasteiger partial charge in [0.1, 0.15) is 0 Å². The molecule has 1 aliphatic rings. The van der Waals surface area contributed by atoms with Crippen molar-refractivity contribution in [1.82, 2.24) is 10.6 Å². The molecule has 0 aliphatic carbocycles. The standard InChI is InChI=1S/C18H28N2O2S/c1-14(16-7-5-4-6-8-16)20-18(9-11-22-12-10-18)13-19-17(21)15(2)23-3/h4-8,14-15,20H,9-13H2,1-3H3,(H,19,21). The van der Waals surface area contributed by atoms with Gasteiger partial charge in [-0.25, -0.2) is 0 Å². The van der Waals surface area contributed by atoms with Crippen molar-refractivity contribution in [3.63, 3.8) is 0 Å². The molecular formula is C18H28N2O2S. The lowest BCUT2D eigenvalue weighted by Crippen LogP contribution is -2.57. The van der Waals surface area contributed by atoms with Crippen molar-refractivity contribution in [2.45, 2.75) is 43.5 Å². The first-order valence-corrected chi connectivity index (χ1v) is 9.56. The van der Waals surface area contributed by atoms with E-state index in [2.05, 4.69) is 41.8 Å². The number of hydrogen-bond acceptors (Lipinski definition) is 4. The summed E-state index contributed by atoms with van der Waals surface area (Å²) in [6, 6.07) is 10.7. The van der Waals surface area contributed by atoms with Crippen LogP contribution in [0.5, 0.6) is 0 Å². The maximum absolute atomic E-state index is 12.1. The molecule has 23 heavy (non-hydrogen) atoms. The fourth-order valence-corrected chi connectivity index (χ4v) is 3.22. The van der Waals surface area contributed by atoms with Crippen molar-refractivity contribution < 1.29 is 9.53 Å². The van der Waals surface area contributed by atoms with Crippen LogP contribution in [0, 0.1) is 0 Å². The fraction of sp³-hybridized carbons (Fsp3) is 0.611. The van der Waals surface area contributed by atoms with E-state index in [1.54, 1.807) is 11.8 Å². The summed E-state index contributed by atoms with van der Waals surface area (Å²) in [5, 5.41) is 6.87. The van der Waals surface area contributed by atoms with Gasteiger partial charge in [-0.05, 0) is 38.5 Å². The van der Waals surface area contributed by atoms with Crippen molar-refractivity contribution >= 4 is 17.7 Å². The minimum atomic E-state index is -0.0959. The summed E-state index contributed by atoms with van der Waals surface area (Å²) in [6.07, 6.45) is 3.79. The molecule has 1 fully saturated rings. The van der Waals surface area contributed by atoms with Crippen molar-refractivity contribution in [1.29, 1.82) is 0 Å². The van der Waals surface area contributed by atoms with Gasteiger partial charge < -0.3 is 15.4 Å². The zero-order chi connectivity index (χ0) is 16.7. The highest BCUT2D eigenvalue weighted by Gasteiger charge is 2.34. The van der Waals surface area contributed by atoms with Gasteiger partial charge in [-0.2, -0.15) is 11.8 Å². The van der Waals surface area contributed by atoms with Gasteiger partial charge in [0.05, 0.1) is 5.25 Å². The van der Waals surface area contributed by atoms with Gasteiger partial charge in [-0.1, -0.05) is 30.3 Å². The third-order valence-corrected chi connectivity index (χ3v) is 5.52. The first-order valence-electron chi connectivity index (χ1n) is 8.27. The minimum Gasteiger partial charge on any atom is -0.381 e. The third kappa shape index (κ3) is 5.23. The Bertz CT molecular complexity index is 489. The SMILES string of the molecule is CSC(C)C(=O)NCC1(NC(C)c2ccccc2)CCOCC1. The third-order valence-electron chi connectivity index (χ3n) is 4.60. The Labute approximate surface area is 143 Å². The van der Waals surface area contributed by atoms with Gasteiger partial charge >= 0.3 is 0 Å². The maximum Gasteiger partial charge on any atom is 0.232 e. The molecule has 2 unspecified atom stereocenters. The Kier molecular flexibility index (Phi) is 6.93. The molecule has 2 rings (SSSR count). The number of carbonyl (C=O) groups excluding carboxylic acids is 1. The minimum absolute atomic E-state index is 0.0153. The van der Waals surface area contributed by atoms with Crippen LogP contribution >= 0.6 is 11.8 Å². The van der Waals surface area contributed by atoms with Gasteiger partial charge in [0.2, 0.25) is 5.91 Å². The number of rotatable bonds is 7. The lowest BCUT2D eigenvalue weighted by molar-refractivity contribution is -0.120. The highest BCUT2D eigenvalue weighted by Crippen LogP contribution is 2.25. The molecular weight excluding hydrogens is 308 g/mol. The summed E-state index contributed by atoms with van der Waals surface area (Å²) in [6.45, 7) is 6.25. The van der Waals surface area contributed by atoms with Gasteiger partial charge in [0.15, 0.2) is 0 Å². The Morgan fingerprint density at radius 2 is 1.91 bits per heavy atom. The maximum atomic E-state index is 12.1. The molecule has 0 aromatic heterocycles. The van der Waals surface area contributed by atoms with Crippen LogP contribution in [0.1, 0.15) is 38.3 Å². The smallest absolute Gasteiger partial charge is 0.232 e. The van der Waals surface area contributed by atoms with Gasteiger partial charge in [0.25, 0.3) is 0 Å². The van der Waals surface area contributed by atoms with E-state index in [-0.39, 0.29) is 22.7 Å². The average Bonchev–Trinajstić information content (AvgIpc) is 2.60. The zero-order valence-electron chi connectivity index (χ0n) is 14.3. The van der Waals surface area contributed by atoms with Crippen LogP contribution in [0.3, 0.4) is 0 Å². The van der Waals surface area contributed by atoms with E-state index in [0.717, 1.165) is 26.1 Å². The number of carbonyl (C=O) groups is 1. The Hall–Kier alpha value is -1.04. The topological polar surface area (TPSA) is 50.4 Å². The number of thioether (sulfide) groups is 1. The van der Waals surface area contributed by atoms with Crippen molar-refractivity contribution in [2.75, 3.05) is 26.0 Å². The summed E-state index contributed by atoms with van der Waals surface area (Å²) >= 11 is 1.57. The first kappa shape index (κ1) is 18.3. The summed E-state index contributed by atoms with van der Waals surface area (Å²) in [5.74, 6) is 0.109. The van der Waals surface area contributed by atoms with E-state index >= 15 is 0 Å². The second kappa shape index (κ2) is 8.71. The first-order chi connectivity index (χ1) is 11.1. The lowest BCUT2D eigenvalue weighted by Gasteiger charge is -2.40. The number of hydrogen-bond donors (Lipinski definition) is 2. The van der Waals surface area contributed by atoms with Crippen LogP contribution < -0.4 is 10.6 Å². The molecule has 128 valence electrons. The highest BCUT2D eigenvalue weighted by molar-refractivity contribution is 7.99. The highest BCUT2D eigenvalue weighted by atomic mass is 32.2. The molecule has 1 saturated heterocycles. The quantitative estimate of drug-likeness (QED) is 0.804. The number of ether oxygens (including phenoxy) is 1. The molecule has 2 N–H and O–H groups in total. The van der Waals surface area contributed by atoms with Gasteiger partial charge in [-0.15, -0.1) is 0 Å². The average molecular weight is 337 g/mol. The predicted molar refractivity (Wildman–Crippen MR) is 96.8 cm³/mol. The van der Waals surface area contributed by atoms with Crippen molar-refractivity contribution in [3.05, 3.63) is 35.9 Å². The number of benzene rings is 1. The Morgan fingerprint density at radius 1 is 1.26 bits per heavy atom. The largest absolute Gasteiger partial charge is 0.381 e. The van der Waals surface area contributed by atoms with E-state index in [1.165, 1.54) is 5.56 Å². The van der Waals surface area contributed by atoms with E-state index in [9.17, 15) is 4.79 Å². The predicted octanol–water partition coefficient (Wildman–Crippen LogP) is 2.75. The monoisotopic (exact) mass is 336 g/mol. The fourth-order valence-electron chi connectivity index (χ4n) is 2.93.